The second-order valence-corrected chi connectivity index (χ2v) is 4.74. The highest BCUT2D eigenvalue weighted by Gasteiger charge is 2.35. The smallest absolute Gasteiger partial charge is 0.425 e. The van der Waals surface area contributed by atoms with Crippen LogP contribution in [0.4, 0.5) is 4.79 Å². The quantitative estimate of drug-likeness (QED) is 0.391. The van der Waals surface area contributed by atoms with Gasteiger partial charge in [-0.05, 0) is 43.8 Å². The lowest BCUT2D eigenvalue weighted by Gasteiger charge is -2.21. The zero-order valence-electron chi connectivity index (χ0n) is 9.73. The van der Waals surface area contributed by atoms with E-state index in [2.05, 4.69) is 28.3 Å². The molecule has 0 spiro atoms. The number of ether oxygens (including phenoxy) is 1. The molecular formula is C11H17N3O2S. The number of nitrogens with one attached hydrogen (secondary N) is 3. The third kappa shape index (κ3) is 3.09. The van der Waals surface area contributed by atoms with Gasteiger partial charge in [-0.3, -0.25) is 5.43 Å². The van der Waals surface area contributed by atoms with E-state index in [9.17, 15) is 4.79 Å². The molecule has 0 saturated heterocycles. The van der Waals surface area contributed by atoms with Gasteiger partial charge in [0.05, 0.1) is 6.61 Å². The number of fused-ring (bicyclic) bond motifs is 2. The summed E-state index contributed by atoms with van der Waals surface area (Å²) >= 11 is 5.09. The van der Waals surface area contributed by atoms with Crippen molar-refractivity contribution in [3.8, 4) is 0 Å². The van der Waals surface area contributed by atoms with E-state index in [1.54, 1.807) is 6.92 Å². The van der Waals surface area contributed by atoms with E-state index >= 15 is 0 Å². The van der Waals surface area contributed by atoms with Crippen LogP contribution in [0.5, 0.6) is 0 Å². The Bertz CT molecular complexity index is 346. The molecule has 2 bridgehead atoms. The summed E-state index contributed by atoms with van der Waals surface area (Å²) in [7, 11) is 0. The first-order chi connectivity index (χ1) is 8.19. The molecule has 6 heteroatoms. The molecule has 1 amide bonds. The van der Waals surface area contributed by atoms with Gasteiger partial charge in [0.2, 0.25) is 0 Å². The second kappa shape index (κ2) is 5.35. The topological polar surface area (TPSA) is 62.4 Å². The number of carbonyl (C=O) groups excluding carboxylic acids is 1. The first-order valence-corrected chi connectivity index (χ1v) is 6.27. The molecule has 94 valence electrons. The average molecular weight is 255 g/mol. The Hall–Kier alpha value is -1.30. The van der Waals surface area contributed by atoms with Crippen LogP contribution < -0.4 is 16.2 Å². The average Bonchev–Trinajstić information content (AvgIpc) is 2.88. The van der Waals surface area contributed by atoms with Crippen molar-refractivity contribution in [3.05, 3.63) is 12.2 Å². The molecule has 2 aliphatic rings. The molecular weight excluding hydrogens is 238 g/mol. The highest BCUT2D eigenvalue weighted by atomic mass is 32.1. The lowest BCUT2D eigenvalue weighted by molar-refractivity contribution is 0.150. The Morgan fingerprint density at radius 3 is 2.82 bits per heavy atom. The summed E-state index contributed by atoms with van der Waals surface area (Å²) < 4.78 is 4.70. The lowest BCUT2D eigenvalue weighted by atomic mass is 10.0. The summed E-state index contributed by atoms with van der Waals surface area (Å²) in [6.07, 6.45) is 6.32. The maximum atomic E-state index is 11.0. The van der Waals surface area contributed by atoms with E-state index < -0.39 is 6.09 Å². The molecule has 2 rings (SSSR count). The lowest BCUT2D eigenvalue weighted by Crippen LogP contribution is -2.50. The van der Waals surface area contributed by atoms with Crippen molar-refractivity contribution in [2.24, 2.45) is 11.8 Å². The van der Waals surface area contributed by atoms with Crippen LogP contribution >= 0.6 is 12.2 Å². The molecule has 2 aliphatic carbocycles. The molecule has 0 aromatic carbocycles. The highest BCUT2D eigenvalue weighted by molar-refractivity contribution is 7.80. The monoisotopic (exact) mass is 255 g/mol. The maximum Gasteiger partial charge on any atom is 0.425 e. The molecule has 3 N–H and O–H groups in total. The Morgan fingerprint density at radius 1 is 1.41 bits per heavy atom. The summed E-state index contributed by atoms with van der Waals surface area (Å²) in [6.45, 7) is 2.09. The summed E-state index contributed by atoms with van der Waals surface area (Å²) in [5.41, 5.74) is 4.99. The van der Waals surface area contributed by atoms with Crippen molar-refractivity contribution in [1.82, 2.24) is 16.2 Å². The van der Waals surface area contributed by atoms with Gasteiger partial charge in [0.25, 0.3) is 0 Å². The van der Waals surface area contributed by atoms with E-state index in [-0.39, 0.29) is 0 Å². The van der Waals surface area contributed by atoms with Crippen molar-refractivity contribution < 1.29 is 9.53 Å². The molecule has 3 atom stereocenters. The zero-order chi connectivity index (χ0) is 12.3. The third-order valence-corrected chi connectivity index (χ3v) is 3.37. The number of carbonyl (C=O) groups is 1. The number of hydrazine groups is 1. The minimum Gasteiger partial charge on any atom is -0.449 e. The van der Waals surface area contributed by atoms with Crippen molar-refractivity contribution in [2.75, 3.05) is 6.61 Å². The Balaban J connectivity index is 1.68. The highest BCUT2D eigenvalue weighted by Crippen LogP contribution is 2.38. The van der Waals surface area contributed by atoms with Gasteiger partial charge in [-0.2, -0.15) is 0 Å². The van der Waals surface area contributed by atoms with Crippen molar-refractivity contribution in [1.29, 1.82) is 0 Å². The summed E-state index contributed by atoms with van der Waals surface area (Å²) in [4.78, 5) is 11.0. The van der Waals surface area contributed by atoms with Gasteiger partial charge in [0.15, 0.2) is 5.11 Å². The fourth-order valence-electron chi connectivity index (χ4n) is 2.43. The number of amides is 1. The van der Waals surface area contributed by atoms with Crippen molar-refractivity contribution >= 4 is 23.4 Å². The predicted molar refractivity (Wildman–Crippen MR) is 68.2 cm³/mol. The second-order valence-electron chi connectivity index (χ2n) is 4.33. The van der Waals surface area contributed by atoms with E-state index in [1.807, 2.05) is 0 Å². The van der Waals surface area contributed by atoms with Crippen molar-refractivity contribution in [2.45, 2.75) is 25.8 Å². The predicted octanol–water partition coefficient (Wildman–Crippen LogP) is 1.08. The van der Waals surface area contributed by atoms with Crippen molar-refractivity contribution in [3.63, 3.8) is 0 Å². The Kier molecular flexibility index (Phi) is 3.83. The summed E-state index contributed by atoms with van der Waals surface area (Å²) in [5, 5.41) is 3.64. The zero-order valence-corrected chi connectivity index (χ0v) is 10.5. The van der Waals surface area contributed by atoms with E-state index in [1.165, 1.54) is 6.42 Å². The van der Waals surface area contributed by atoms with Gasteiger partial charge < -0.3 is 10.1 Å². The molecule has 17 heavy (non-hydrogen) atoms. The van der Waals surface area contributed by atoms with Gasteiger partial charge in [0.1, 0.15) is 0 Å². The largest absolute Gasteiger partial charge is 0.449 e. The first kappa shape index (κ1) is 12.2. The van der Waals surface area contributed by atoms with E-state index in [0.29, 0.717) is 29.6 Å². The van der Waals surface area contributed by atoms with Gasteiger partial charge in [0, 0.05) is 6.04 Å². The van der Waals surface area contributed by atoms with Crippen LogP contribution in [-0.2, 0) is 4.74 Å². The van der Waals surface area contributed by atoms with Crippen LogP contribution in [0.25, 0.3) is 0 Å². The first-order valence-electron chi connectivity index (χ1n) is 5.86. The van der Waals surface area contributed by atoms with E-state index in [0.717, 1.165) is 6.42 Å². The molecule has 1 fully saturated rings. The van der Waals surface area contributed by atoms with Gasteiger partial charge in [-0.25, -0.2) is 10.2 Å². The SMILES string of the molecule is CCOC(=O)NNC(=S)NC1CC2C=CC1C2. The van der Waals surface area contributed by atoms with Gasteiger partial charge in [-0.15, -0.1) is 0 Å². The Morgan fingerprint density at radius 2 is 2.24 bits per heavy atom. The fraction of sp³-hybridized carbons (Fsp3) is 0.636. The number of thiocarbonyl (C=S) groups is 1. The Labute approximate surface area is 106 Å². The van der Waals surface area contributed by atoms with Gasteiger partial charge >= 0.3 is 6.09 Å². The van der Waals surface area contributed by atoms with Crippen LogP contribution in [0.1, 0.15) is 19.8 Å². The number of hydrogen-bond donors (Lipinski definition) is 3. The van der Waals surface area contributed by atoms with Crippen LogP contribution in [0.3, 0.4) is 0 Å². The molecule has 5 nitrogen and oxygen atoms in total. The van der Waals surface area contributed by atoms with Crippen LogP contribution in [-0.4, -0.2) is 23.9 Å². The molecule has 0 heterocycles. The normalized spacial score (nSPS) is 28.9. The number of rotatable bonds is 2. The number of hydrogen-bond acceptors (Lipinski definition) is 3. The molecule has 0 aromatic rings. The minimum absolute atomic E-state index is 0.338. The maximum absolute atomic E-state index is 11.0. The minimum atomic E-state index is -0.524. The fourth-order valence-corrected chi connectivity index (χ4v) is 2.63. The standard InChI is InChI=1S/C11H17N3O2S/c1-2-16-11(15)14-13-10(17)12-9-6-7-3-4-8(9)5-7/h3-4,7-9H,2,5-6H2,1H3,(H,14,15)(H2,12,13,17). The summed E-state index contributed by atoms with van der Waals surface area (Å²) in [5.74, 6) is 1.26. The molecule has 0 radical (unpaired) electrons. The van der Waals surface area contributed by atoms with Crippen LogP contribution in [0.2, 0.25) is 0 Å². The molecule has 1 saturated carbocycles. The summed E-state index contributed by atoms with van der Waals surface area (Å²) in [6, 6.07) is 0.383. The van der Waals surface area contributed by atoms with Gasteiger partial charge in [-0.1, -0.05) is 12.2 Å². The van der Waals surface area contributed by atoms with Crippen LogP contribution in [0, 0.1) is 11.8 Å². The molecule has 3 unspecified atom stereocenters. The molecule has 0 aromatic heterocycles. The van der Waals surface area contributed by atoms with Crippen LogP contribution in [0.15, 0.2) is 12.2 Å². The third-order valence-electron chi connectivity index (χ3n) is 3.15. The van der Waals surface area contributed by atoms with E-state index in [4.69, 9.17) is 17.0 Å². The number of allylic oxidation sites excluding steroid dienone is 1. The molecule has 0 aliphatic heterocycles.